The number of pyridine rings is 5. The number of amides is 4. The summed E-state index contributed by atoms with van der Waals surface area (Å²) in [6.07, 6.45) is 7.83. The van der Waals surface area contributed by atoms with E-state index in [1.165, 1.54) is 42.5 Å². The number of carboxylic acid groups (broad SMARTS) is 1. The molecule has 3 unspecified atom stereocenters. The Morgan fingerprint density at radius 1 is 0.347 bits per heavy atom. The summed E-state index contributed by atoms with van der Waals surface area (Å²) < 4.78 is 21.9. The van der Waals surface area contributed by atoms with Crippen LogP contribution in [0.5, 0.6) is 0 Å². The monoisotopic (exact) mass is 2450 g/mol. The first kappa shape index (κ1) is 114. The van der Waals surface area contributed by atoms with Crippen LogP contribution in [0.3, 0.4) is 0 Å². The normalized spacial score (nSPS) is 16.5. The Bertz CT molecular complexity index is 7450. The summed E-state index contributed by atoms with van der Waals surface area (Å²) >= 11 is 67.3. The molecule has 10 aromatic carbocycles. The highest BCUT2D eigenvalue weighted by Gasteiger charge is 2.57. The number of nitrogens with two attached hydrogens (primary N) is 1. The van der Waals surface area contributed by atoms with Crippen molar-refractivity contribution in [2.24, 2.45) is 5.73 Å². The number of aliphatic hydroxyl groups is 5. The third-order valence-corrected chi connectivity index (χ3v) is 28.3. The van der Waals surface area contributed by atoms with Crippen LogP contribution >= 0.6 is 168 Å². The highest BCUT2D eigenvalue weighted by atomic mass is 79.9. The van der Waals surface area contributed by atoms with Crippen molar-refractivity contribution in [2.75, 3.05) is 39.6 Å². The fourth-order valence-electron chi connectivity index (χ4n) is 17.2. The maximum Gasteiger partial charge on any atom is 0.336 e. The number of halogens is 13. The molecule has 0 spiro atoms. The lowest BCUT2D eigenvalue weighted by Gasteiger charge is -2.39. The molecule has 5 aromatic heterocycles. The van der Waals surface area contributed by atoms with Crippen LogP contribution < -0.4 is 5.73 Å². The molecule has 4 aliphatic rings. The van der Waals surface area contributed by atoms with E-state index in [-0.39, 0.29) is 112 Å². The number of Topliss-reactive ketones (excluding diaryl/α,β-unsaturated/α-hetero) is 1. The molecular formula is C111H89Br4Cl9N10O16. The molecule has 39 heteroatoms. The topological polar surface area (TPSA) is 372 Å². The van der Waals surface area contributed by atoms with Crippen LogP contribution in [0.4, 0.5) is 0 Å². The number of aliphatic hydroxyl groups excluding tert-OH is 3. The molecule has 0 aliphatic carbocycles. The van der Waals surface area contributed by atoms with Crippen LogP contribution in [0.2, 0.25) is 45.2 Å². The quantitative estimate of drug-likeness (QED) is 0.0235. The zero-order chi connectivity index (χ0) is 108. The van der Waals surface area contributed by atoms with Gasteiger partial charge in [0, 0.05) is 164 Å². The molecule has 4 aliphatic heterocycles. The number of benzene rings is 10. The Hall–Kier alpha value is -11.2. The van der Waals surface area contributed by atoms with Crippen molar-refractivity contribution in [3.8, 4) is 0 Å². The first-order valence-corrected chi connectivity index (χ1v) is 52.2. The van der Waals surface area contributed by atoms with Gasteiger partial charge in [-0.25, -0.2) is 4.79 Å². The number of hydrogen-bond donors (Lipinski definition) is 7. The van der Waals surface area contributed by atoms with Gasteiger partial charge in [0.2, 0.25) is 0 Å². The van der Waals surface area contributed by atoms with Gasteiger partial charge in [-0.2, -0.15) is 0 Å². The van der Waals surface area contributed by atoms with Crippen LogP contribution in [0, 0.1) is 0 Å². The zero-order valence-electron chi connectivity index (χ0n) is 79.4. The molecule has 9 heterocycles. The van der Waals surface area contributed by atoms with Crippen LogP contribution in [0.1, 0.15) is 177 Å². The smallest absolute Gasteiger partial charge is 0.336 e. The van der Waals surface area contributed by atoms with Crippen LogP contribution in [0.15, 0.2) is 322 Å². The van der Waals surface area contributed by atoms with Crippen molar-refractivity contribution < 1.29 is 78.4 Å². The predicted molar refractivity (Wildman–Crippen MR) is 589 cm³/mol. The third-order valence-electron chi connectivity index (χ3n) is 24.2. The number of hydrogen-bond acceptors (Lipinski definition) is 21. The molecule has 770 valence electrons. The van der Waals surface area contributed by atoms with Crippen molar-refractivity contribution >= 4 is 209 Å². The number of carbonyl (C=O) groups excluding carboxylic acids is 6. The van der Waals surface area contributed by atoms with Crippen molar-refractivity contribution in [1.29, 1.82) is 0 Å². The van der Waals surface area contributed by atoms with Gasteiger partial charge in [-0.15, -0.1) is 0 Å². The number of rotatable bonds is 27. The van der Waals surface area contributed by atoms with Crippen molar-refractivity contribution in [2.45, 2.75) is 82.0 Å². The van der Waals surface area contributed by atoms with Gasteiger partial charge >= 0.3 is 5.97 Å². The van der Waals surface area contributed by atoms with E-state index in [4.69, 9.17) is 129 Å². The minimum Gasteiger partial charge on any atom is -0.478 e. The van der Waals surface area contributed by atoms with Crippen molar-refractivity contribution in [3.05, 3.63) is 490 Å². The minimum atomic E-state index is -1.63. The van der Waals surface area contributed by atoms with E-state index >= 15 is 0 Å². The summed E-state index contributed by atoms with van der Waals surface area (Å²) in [5, 5.41) is 64.8. The van der Waals surface area contributed by atoms with Crippen molar-refractivity contribution in [3.63, 3.8) is 0 Å². The lowest BCUT2D eigenvalue weighted by atomic mass is 9.89. The molecule has 4 amide bonds. The average Bonchev–Trinajstić information content (AvgIpc) is 1.56. The molecular weight excluding hydrogens is 2370 g/mol. The SMILES string of the molecule is CC(=O)c1ccc2c(c1)C(=O)N(Cc1ccc(Cl)cn1)C2(OCCO)c1ccc(Cl)cc1.CC(C)(O)c1ccc2c(c1)C(=O)N(Cc1ccc(Cl)cn1)[C@@]2(OCCO)c1ccc(Cl)cc1.NCc1ccc(Br)cn1.O=C(O)c1cc(Br)ccc1C(=O)c1ccc(Cl)cc1.O=C1c2cc(Br)ccc2C(O)(c2ccc(Cl)cc2)N1Cc1ccc(Cl)cn1.O=C1c2cc(Br)ccc2C(OCCO)(c2ccc(Cl)cc2)N1Cc1ccc(Cl)cn1. The summed E-state index contributed by atoms with van der Waals surface area (Å²) in [5.74, 6) is -2.70. The highest BCUT2D eigenvalue weighted by Crippen LogP contribution is 2.52. The molecule has 15 aromatic rings. The Morgan fingerprint density at radius 2 is 0.647 bits per heavy atom. The number of aromatic carboxylic acids is 1. The second-order valence-corrected chi connectivity index (χ2v) is 41.9. The Kier molecular flexibility index (Phi) is 38.6. The third kappa shape index (κ3) is 25.8. The molecule has 4 atom stereocenters. The number of ether oxygens (including phenoxy) is 3. The molecule has 0 saturated heterocycles. The van der Waals surface area contributed by atoms with Gasteiger partial charge in [0.1, 0.15) is 0 Å². The lowest BCUT2D eigenvalue weighted by Crippen LogP contribution is -2.47. The fraction of sp³-hybridized carbons (Fsp3) is 0.171. The van der Waals surface area contributed by atoms with Crippen molar-refractivity contribution in [1.82, 2.24) is 44.5 Å². The number of ketones is 2. The minimum absolute atomic E-state index is 0.00681. The summed E-state index contributed by atoms with van der Waals surface area (Å²) in [4.78, 5) is 117. The molecule has 8 N–H and O–H groups in total. The van der Waals surface area contributed by atoms with Gasteiger partial charge in [-0.05, 0) is 230 Å². The fourth-order valence-corrected chi connectivity index (χ4v) is 19.6. The average molecular weight is 2460 g/mol. The Labute approximate surface area is 941 Å². The van der Waals surface area contributed by atoms with E-state index in [1.807, 2.05) is 36.4 Å². The summed E-state index contributed by atoms with van der Waals surface area (Å²) in [6, 6.07) is 77.5. The van der Waals surface area contributed by atoms with E-state index in [1.54, 1.807) is 265 Å². The molecule has 0 saturated carbocycles. The van der Waals surface area contributed by atoms with E-state index in [0.29, 0.717) is 157 Å². The first-order chi connectivity index (χ1) is 71.7. The summed E-state index contributed by atoms with van der Waals surface area (Å²) in [5.41, 5.74) is 10.4. The zero-order valence-corrected chi connectivity index (χ0v) is 92.6. The van der Waals surface area contributed by atoms with Gasteiger partial charge < -0.3 is 50.6 Å². The molecule has 0 bridgehead atoms. The molecule has 26 nitrogen and oxygen atoms in total. The maximum absolute atomic E-state index is 13.8. The second-order valence-electron chi connectivity index (χ2n) is 34.3. The van der Waals surface area contributed by atoms with E-state index < -0.39 is 34.5 Å². The van der Waals surface area contributed by atoms with E-state index in [0.717, 1.165) is 24.7 Å². The van der Waals surface area contributed by atoms with E-state index in [2.05, 4.69) is 88.6 Å². The van der Waals surface area contributed by atoms with Crippen LogP contribution in [-0.4, -0.2) is 156 Å². The molecule has 0 fully saturated rings. The lowest BCUT2D eigenvalue weighted by molar-refractivity contribution is -0.119. The number of carbonyl (C=O) groups is 7. The van der Waals surface area contributed by atoms with Gasteiger partial charge in [-0.3, -0.25) is 73.3 Å². The van der Waals surface area contributed by atoms with Crippen LogP contribution in [-0.2, 0) is 75.4 Å². The molecule has 150 heavy (non-hydrogen) atoms. The summed E-state index contributed by atoms with van der Waals surface area (Å²) in [7, 11) is 0. The predicted octanol–water partition coefficient (Wildman–Crippen LogP) is 24.3. The number of aromatic nitrogens is 5. The van der Waals surface area contributed by atoms with Gasteiger partial charge in [-0.1, -0.05) is 237 Å². The number of nitrogens with zero attached hydrogens (tertiary/aromatic N) is 9. The number of carboxylic acids is 1. The highest BCUT2D eigenvalue weighted by molar-refractivity contribution is 9.11. The van der Waals surface area contributed by atoms with E-state index in [9.17, 15) is 59.1 Å². The Balaban J connectivity index is 0.000000146. The van der Waals surface area contributed by atoms with Gasteiger partial charge in [0.15, 0.2) is 34.5 Å². The molecule has 19 rings (SSSR count). The summed E-state index contributed by atoms with van der Waals surface area (Å²) in [6.45, 7) is 5.21. The first-order valence-electron chi connectivity index (χ1n) is 45.7. The number of fused-ring (bicyclic) bond motifs is 4. The van der Waals surface area contributed by atoms with Gasteiger partial charge in [0.25, 0.3) is 23.6 Å². The Morgan fingerprint density at radius 3 is 1.00 bits per heavy atom. The van der Waals surface area contributed by atoms with Gasteiger partial charge in [0.05, 0.1) is 126 Å². The largest absolute Gasteiger partial charge is 0.478 e. The second kappa shape index (κ2) is 50.6. The standard InChI is InChI=1S/C25H24Cl2N2O4.C24H20Cl2N2O4.C22H17BrCl2N2O3.C20H13BrCl2N2O2.C14H8BrClO3.C6H7BrN2/c1-24(2,32)17-5-10-22-21(13-17)23(31)29(15-20-9-8-19(27)14-28-20)25(22,33-12-11-30)16-3-6-18(26)7-4-16;1-15(30)16-2-9-22-21(12-16)23(31)28(14-20-8-7-19(26)13-27-20)24(22,32-11-10-29)17-3-5-18(25)6-4-17;23-15-3-8-20-19(11-15)21(29)27(13-18-7-6-17(25)12-26-18)22(20,30-10-9-28)14-1-4-16(24)5-2-14;21-13-3-8-18-17(9-13)19(26)25(11-16-7-6-15(23)10-24-16)20(18,27)12-1-4-14(22)5-2-12;15-9-3-6-11(12(7-9)14(18)19)13(17)8-1-4-10(16)5-2-8;7-5-1-2-6(3-8)9-4-5/h3-10,13-14,30,32H,11-12,15H2,1-2H3;2-9,12-13,29H,10-11,14H2,1H3;1-8,11-12,28H,9-10,13H2;1-10,27H,11H2;1-7H,(H,18,19);1-2,4H,3,8H2/t25-;;;;;/m1...../s1. The van der Waals surface area contributed by atoms with Crippen LogP contribution in [0.25, 0.3) is 0 Å². The maximum atomic E-state index is 13.8. The molecule has 0 radical (unpaired) electrons.